The number of allylic oxidation sites excluding steroid dienone is 1. The maximum absolute atomic E-state index is 13.4. The van der Waals surface area contributed by atoms with Crippen LogP contribution in [0.4, 0.5) is 0 Å². The van der Waals surface area contributed by atoms with Crippen molar-refractivity contribution in [1.29, 1.82) is 0 Å². The summed E-state index contributed by atoms with van der Waals surface area (Å²) in [6, 6.07) is 8.32. The van der Waals surface area contributed by atoms with Gasteiger partial charge in [0.25, 0.3) is 5.56 Å². The summed E-state index contributed by atoms with van der Waals surface area (Å²) in [5, 5.41) is 2.88. The Morgan fingerprint density at radius 1 is 1.33 bits per heavy atom. The van der Waals surface area contributed by atoms with Crippen molar-refractivity contribution in [3.63, 3.8) is 0 Å². The van der Waals surface area contributed by atoms with Crippen molar-refractivity contribution < 1.29 is 9.53 Å². The Labute approximate surface area is 190 Å². The van der Waals surface area contributed by atoms with Crippen LogP contribution in [0.2, 0.25) is 10.0 Å². The van der Waals surface area contributed by atoms with Crippen LogP contribution in [0.3, 0.4) is 0 Å². The van der Waals surface area contributed by atoms with Gasteiger partial charge in [-0.1, -0.05) is 46.7 Å². The van der Waals surface area contributed by atoms with E-state index in [0.29, 0.717) is 36.2 Å². The maximum Gasteiger partial charge on any atom is 0.338 e. The van der Waals surface area contributed by atoms with Crippen molar-refractivity contribution in [3.8, 4) is 0 Å². The summed E-state index contributed by atoms with van der Waals surface area (Å²) in [4.78, 5) is 32.0. The molecule has 4 rings (SSSR count). The molecular formula is C21H16Cl2N2O3S2. The van der Waals surface area contributed by atoms with Crippen molar-refractivity contribution in [3.05, 3.63) is 87.2 Å². The zero-order valence-corrected chi connectivity index (χ0v) is 19.2. The van der Waals surface area contributed by atoms with E-state index in [2.05, 4.69) is 4.99 Å². The van der Waals surface area contributed by atoms with Crippen LogP contribution in [0.15, 0.2) is 56.8 Å². The molecule has 0 N–H and O–H groups in total. The average molecular weight is 479 g/mol. The number of esters is 1. The van der Waals surface area contributed by atoms with Gasteiger partial charge in [-0.15, -0.1) is 11.3 Å². The van der Waals surface area contributed by atoms with Crippen molar-refractivity contribution in [1.82, 2.24) is 4.57 Å². The molecule has 30 heavy (non-hydrogen) atoms. The molecule has 5 nitrogen and oxygen atoms in total. The summed E-state index contributed by atoms with van der Waals surface area (Å²) in [5.41, 5.74) is 1.37. The lowest BCUT2D eigenvalue weighted by molar-refractivity contribution is -0.139. The topological polar surface area (TPSA) is 60.7 Å². The number of aromatic nitrogens is 1. The van der Waals surface area contributed by atoms with Gasteiger partial charge in [0.05, 0.1) is 22.4 Å². The monoisotopic (exact) mass is 478 g/mol. The first-order chi connectivity index (χ1) is 14.4. The van der Waals surface area contributed by atoms with E-state index in [-0.39, 0.29) is 12.2 Å². The molecule has 3 aromatic rings. The molecular weight excluding hydrogens is 463 g/mol. The molecule has 1 aliphatic rings. The Balaban J connectivity index is 1.95. The number of carbonyl (C=O) groups excluding carboxylic acids is 1. The molecule has 154 valence electrons. The second-order valence-corrected chi connectivity index (χ2v) is 9.32. The van der Waals surface area contributed by atoms with Crippen molar-refractivity contribution >= 4 is 57.9 Å². The van der Waals surface area contributed by atoms with Gasteiger partial charge in [0.2, 0.25) is 0 Å². The molecule has 1 aliphatic heterocycles. The Bertz CT molecular complexity index is 1340. The zero-order chi connectivity index (χ0) is 21.4. The van der Waals surface area contributed by atoms with Crippen LogP contribution in [-0.4, -0.2) is 17.1 Å². The minimum absolute atomic E-state index is 0.238. The van der Waals surface area contributed by atoms with Crippen LogP contribution in [0, 0.1) is 0 Å². The van der Waals surface area contributed by atoms with E-state index < -0.39 is 12.0 Å². The number of rotatable bonds is 4. The number of halogens is 2. The molecule has 2 aromatic heterocycles. The number of hydrogen-bond acceptors (Lipinski definition) is 6. The van der Waals surface area contributed by atoms with E-state index >= 15 is 0 Å². The Morgan fingerprint density at radius 3 is 2.80 bits per heavy atom. The van der Waals surface area contributed by atoms with Crippen LogP contribution >= 0.6 is 45.9 Å². The Kier molecular flexibility index (Phi) is 5.97. The van der Waals surface area contributed by atoms with E-state index in [1.54, 1.807) is 42.7 Å². The number of thiophene rings is 1. The zero-order valence-electron chi connectivity index (χ0n) is 16.0. The highest BCUT2D eigenvalue weighted by Crippen LogP contribution is 2.33. The van der Waals surface area contributed by atoms with Gasteiger partial charge < -0.3 is 4.74 Å². The molecule has 1 aromatic carbocycles. The van der Waals surface area contributed by atoms with Crippen LogP contribution in [-0.2, 0) is 9.53 Å². The van der Waals surface area contributed by atoms with Crippen molar-refractivity contribution in [2.24, 2.45) is 4.99 Å². The highest BCUT2D eigenvalue weighted by Gasteiger charge is 2.33. The van der Waals surface area contributed by atoms with E-state index in [0.717, 1.165) is 4.88 Å². The molecule has 0 saturated carbocycles. The molecule has 0 aliphatic carbocycles. The van der Waals surface area contributed by atoms with Crippen molar-refractivity contribution in [2.75, 3.05) is 6.61 Å². The van der Waals surface area contributed by atoms with E-state index in [9.17, 15) is 9.59 Å². The molecule has 9 heteroatoms. The summed E-state index contributed by atoms with van der Waals surface area (Å²) in [6.45, 7) is 3.76. The molecule has 0 fully saturated rings. The van der Waals surface area contributed by atoms with Gasteiger partial charge >= 0.3 is 5.97 Å². The van der Waals surface area contributed by atoms with Crippen molar-refractivity contribution in [2.45, 2.75) is 19.9 Å². The number of hydrogen-bond donors (Lipinski definition) is 0. The summed E-state index contributed by atoms with van der Waals surface area (Å²) in [6.07, 6.45) is 1.72. The highest BCUT2D eigenvalue weighted by molar-refractivity contribution is 7.10. The largest absolute Gasteiger partial charge is 0.463 e. The summed E-state index contributed by atoms with van der Waals surface area (Å²) >= 11 is 15.0. The van der Waals surface area contributed by atoms with Crippen LogP contribution in [0.5, 0.6) is 0 Å². The maximum atomic E-state index is 13.4. The number of ether oxygens (including phenoxy) is 1. The molecule has 3 heterocycles. The fourth-order valence-electron chi connectivity index (χ4n) is 3.27. The van der Waals surface area contributed by atoms with Crippen LogP contribution < -0.4 is 14.9 Å². The van der Waals surface area contributed by atoms with Gasteiger partial charge in [-0.3, -0.25) is 9.36 Å². The van der Waals surface area contributed by atoms with Gasteiger partial charge in [-0.25, -0.2) is 9.79 Å². The first kappa shape index (κ1) is 21.1. The number of carbonyl (C=O) groups is 1. The third kappa shape index (κ3) is 3.78. The average Bonchev–Trinajstić information content (AvgIpc) is 3.32. The lowest BCUT2D eigenvalue weighted by Crippen LogP contribution is -2.39. The first-order valence-electron chi connectivity index (χ1n) is 9.08. The van der Waals surface area contributed by atoms with Gasteiger partial charge in [0, 0.05) is 14.9 Å². The molecule has 0 bridgehead atoms. The number of nitrogens with zero attached hydrogens (tertiary/aromatic N) is 2. The fraction of sp³-hybridized carbons (Fsp3) is 0.190. The predicted octanol–water partition coefficient (Wildman–Crippen LogP) is 4.17. The SMILES string of the molecule is CCOC(=O)C1=C(C)N=c2s/c(=C/c3ccc(Cl)cc3Cl)c(=O)n2[C@@H]1c1cccs1. The van der Waals surface area contributed by atoms with Gasteiger partial charge in [0.15, 0.2) is 4.80 Å². The summed E-state index contributed by atoms with van der Waals surface area (Å²) in [7, 11) is 0. The number of fused-ring (bicyclic) bond motifs is 1. The summed E-state index contributed by atoms with van der Waals surface area (Å²) < 4.78 is 7.29. The minimum atomic E-state index is -0.580. The number of thiazole rings is 1. The Hall–Kier alpha value is -2.19. The lowest BCUT2D eigenvalue weighted by atomic mass is 10.0. The van der Waals surface area contributed by atoms with E-state index in [1.807, 2.05) is 17.5 Å². The minimum Gasteiger partial charge on any atom is -0.463 e. The fourth-order valence-corrected chi connectivity index (χ4v) is 5.59. The quantitative estimate of drug-likeness (QED) is 0.528. The molecule has 1 atom stereocenters. The standard InChI is InChI=1S/C21H16Cl2N2O3S2/c1-3-28-20(27)17-11(2)24-21-25(18(17)15-5-4-8-29-15)19(26)16(30-21)9-12-6-7-13(22)10-14(12)23/h4-10,18H,3H2,1-2H3/b16-9+/t18-/m1/s1. The third-order valence-electron chi connectivity index (χ3n) is 4.58. The first-order valence-corrected chi connectivity index (χ1v) is 11.5. The van der Waals surface area contributed by atoms with E-state index in [4.69, 9.17) is 27.9 Å². The van der Waals surface area contributed by atoms with E-state index in [1.165, 1.54) is 22.7 Å². The van der Waals surface area contributed by atoms with Gasteiger partial charge in [0.1, 0.15) is 6.04 Å². The third-order valence-corrected chi connectivity index (χ3v) is 7.05. The molecule has 0 spiro atoms. The van der Waals surface area contributed by atoms with Crippen LogP contribution in [0.1, 0.15) is 30.3 Å². The molecule has 0 saturated heterocycles. The molecule has 0 radical (unpaired) electrons. The molecule has 0 amide bonds. The second-order valence-electron chi connectivity index (χ2n) is 6.48. The predicted molar refractivity (Wildman–Crippen MR) is 121 cm³/mol. The van der Waals surface area contributed by atoms with Gasteiger partial charge in [-0.2, -0.15) is 0 Å². The lowest BCUT2D eigenvalue weighted by Gasteiger charge is -2.23. The van der Waals surface area contributed by atoms with Crippen LogP contribution in [0.25, 0.3) is 6.08 Å². The normalized spacial score (nSPS) is 16.4. The summed E-state index contributed by atoms with van der Waals surface area (Å²) in [5.74, 6) is -0.466. The second kappa shape index (κ2) is 8.51. The Morgan fingerprint density at radius 2 is 2.13 bits per heavy atom. The molecule has 0 unspecified atom stereocenters. The number of benzene rings is 1. The smallest absolute Gasteiger partial charge is 0.338 e. The van der Waals surface area contributed by atoms with Gasteiger partial charge in [-0.05, 0) is 49.1 Å². The highest BCUT2D eigenvalue weighted by atomic mass is 35.5.